The maximum absolute atomic E-state index is 12.9. The molecule has 0 radical (unpaired) electrons. The summed E-state index contributed by atoms with van der Waals surface area (Å²) in [5, 5.41) is 0. The second-order valence-corrected chi connectivity index (χ2v) is 5.02. The van der Waals surface area contributed by atoms with Crippen LogP contribution in [0.1, 0.15) is 31.4 Å². The highest BCUT2D eigenvalue weighted by atomic mass is 19.1. The second kappa shape index (κ2) is 5.61. The Bertz CT molecular complexity index is 342. The molecular weight excluding hydrogens is 215 g/mol. The van der Waals surface area contributed by atoms with Crippen LogP contribution in [0.4, 0.5) is 4.39 Å². The fourth-order valence-corrected chi connectivity index (χ4v) is 2.52. The number of benzene rings is 1. The minimum atomic E-state index is -0.184. The molecule has 1 aromatic rings. The second-order valence-electron chi connectivity index (χ2n) is 5.02. The molecule has 1 aromatic carbocycles. The molecule has 0 saturated carbocycles. The van der Waals surface area contributed by atoms with Gasteiger partial charge in [0, 0.05) is 12.6 Å². The van der Waals surface area contributed by atoms with Crippen LogP contribution in [0.3, 0.4) is 0 Å². The Morgan fingerprint density at radius 3 is 2.41 bits per heavy atom. The van der Waals surface area contributed by atoms with Crippen molar-refractivity contribution < 1.29 is 4.39 Å². The Balaban J connectivity index is 2.08. The number of hydrogen-bond acceptors (Lipinski definition) is 2. The molecule has 0 aliphatic carbocycles. The normalized spacial score (nSPS) is 20.4. The van der Waals surface area contributed by atoms with Crippen molar-refractivity contribution in [1.29, 1.82) is 0 Å². The van der Waals surface area contributed by atoms with Gasteiger partial charge < -0.3 is 5.73 Å². The van der Waals surface area contributed by atoms with E-state index in [2.05, 4.69) is 11.8 Å². The molecule has 1 atom stereocenters. The predicted molar refractivity (Wildman–Crippen MR) is 68.2 cm³/mol. The van der Waals surface area contributed by atoms with Gasteiger partial charge >= 0.3 is 0 Å². The minimum absolute atomic E-state index is 0.184. The lowest BCUT2D eigenvalue weighted by Crippen LogP contribution is -2.39. The van der Waals surface area contributed by atoms with E-state index in [1.165, 1.54) is 25.0 Å². The first-order chi connectivity index (χ1) is 8.20. The molecule has 0 bridgehead atoms. The number of halogens is 1. The first-order valence-electron chi connectivity index (χ1n) is 6.40. The molecule has 3 heteroatoms. The van der Waals surface area contributed by atoms with Crippen LogP contribution in [0.5, 0.6) is 0 Å². The van der Waals surface area contributed by atoms with Crippen molar-refractivity contribution in [3.8, 4) is 0 Å². The summed E-state index contributed by atoms with van der Waals surface area (Å²) >= 11 is 0. The predicted octanol–water partition coefficient (Wildman–Crippen LogP) is 2.56. The lowest BCUT2D eigenvalue weighted by molar-refractivity contribution is 0.141. The Morgan fingerprint density at radius 1 is 1.29 bits per heavy atom. The summed E-state index contributed by atoms with van der Waals surface area (Å²) in [6.45, 7) is 5.09. The Morgan fingerprint density at radius 2 is 1.88 bits per heavy atom. The smallest absolute Gasteiger partial charge is 0.123 e. The van der Waals surface area contributed by atoms with Crippen molar-refractivity contribution in [2.45, 2.75) is 25.8 Å². The maximum Gasteiger partial charge on any atom is 0.123 e. The Labute approximate surface area is 103 Å². The molecule has 1 saturated heterocycles. The van der Waals surface area contributed by atoms with Gasteiger partial charge in [0.15, 0.2) is 0 Å². The molecule has 0 amide bonds. The van der Waals surface area contributed by atoms with Gasteiger partial charge in [-0.1, -0.05) is 19.1 Å². The largest absolute Gasteiger partial charge is 0.329 e. The van der Waals surface area contributed by atoms with Gasteiger partial charge in [-0.2, -0.15) is 0 Å². The number of piperidine rings is 1. The van der Waals surface area contributed by atoms with Crippen molar-refractivity contribution in [2.75, 3.05) is 19.6 Å². The molecule has 1 aliphatic heterocycles. The standard InChI is InChI=1S/C14H21FN2/c1-11-6-8-17(9-7-11)14(10-16)12-2-4-13(15)5-3-12/h2-5,11,14H,6-10,16H2,1H3/t14-/m1/s1. The number of nitrogens with zero attached hydrogens (tertiary/aromatic N) is 1. The lowest BCUT2D eigenvalue weighted by atomic mass is 9.96. The zero-order valence-corrected chi connectivity index (χ0v) is 10.4. The quantitative estimate of drug-likeness (QED) is 0.874. The zero-order chi connectivity index (χ0) is 12.3. The van der Waals surface area contributed by atoms with Crippen LogP contribution in [0.2, 0.25) is 0 Å². The Hall–Kier alpha value is -0.930. The Kier molecular flexibility index (Phi) is 4.13. The molecular formula is C14H21FN2. The van der Waals surface area contributed by atoms with Gasteiger partial charge in [-0.3, -0.25) is 4.90 Å². The van der Waals surface area contributed by atoms with E-state index in [1.807, 2.05) is 12.1 Å². The van der Waals surface area contributed by atoms with Gasteiger partial charge in [-0.05, 0) is 49.5 Å². The van der Waals surface area contributed by atoms with Crippen LogP contribution in [-0.2, 0) is 0 Å². The van der Waals surface area contributed by atoms with E-state index in [4.69, 9.17) is 5.73 Å². The van der Waals surface area contributed by atoms with Crippen LogP contribution in [0, 0.1) is 11.7 Å². The van der Waals surface area contributed by atoms with Crippen LogP contribution in [0.15, 0.2) is 24.3 Å². The van der Waals surface area contributed by atoms with E-state index in [-0.39, 0.29) is 11.9 Å². The highest BCUT2D eigenvalue weighted by Gasteiger charge is 2.23. The molecule has 2 rings (SSSR count). The summed E-state index contributed by atoms with van der Waals surface area (Å²) in [5.74, 6) is 0.634. The van der Waals surface area contributed by atoms with Gasteiger partial charge in [-0.25, -0.2) is 4.39 Å². The third-order valence-electron chi connectivity index (χ3n) is 3.74. The van der Waals surface area contributed by atoms with Crippen molar-refractivity contribution >= 4 is 0 Å². The number of rotatable bonds is 3. The monoisotopic (exact) mass is 236 g/mol. The topological polar surface area (TPSA) is 29.3 Å². The molecule has 94 valence electrons. The zero-order valence-electron chi connectivity index (χ0n) is 10.4. The van der Waals surface area contributed by atoms with E-state index >= 15 is 0 Å². The highest BCUT2D eigenvalue weighted by Crippen LogP contribution is 2.26. The van der Waals surface area contributed by atoms with Crippen molar-refractivity contribution in [3.63, 3.8) is 0 Å². The van der Waals surface area contributed by atoms with Crippen LogP contribution in [-0.4, -0.2) is 24.5 Å². The van der Waals surface area contributed by atoms with Gasteiger partial charge in [0.2, 0.25) is 0 Å². The van der Waals surface area contributed by atoms with Crippen LogP contribution >= 0.6 is 0 Å². The molecule has 0 unspecified atom stereocenters. The molecule has 17 heavy (non-hydrogen) atoms. The highest BCUT2D eigenvalue weighted by molar-refractivity contribution is 5.20. The summed E-state index contributed by atoms with van der Waals surface area (Å²) in [4.78, 5) is 2.42. The molecule has 0 aromatic heterocycles. The van der Waals surface area contributed by atoms with Crippen molar-refractivity contribution in [1.82, 2.24) is 4.90 Å². The van der Waals surface area contributed by atoms with Gasteiger partial charge in [0.05, 0.1) is 0 Å². The summed E-state index contributed by atoms with van der Waals surface area (Å²) < 4.78 is 12.9. The number of nitrogens with two attached hydrogens (primary N) is 1. The third-order valence-corrected chi connectivity index (χ3v) is 3.74. The fourth-order valence-electron chi connectivity index (χ4n) is 2.52. The number of hydrogen-bond donors (Lipinski definition) is 1. The van der Waals surface area contributed by atoms with E-state index in [9.17, 15) is 4.39 Å². The third kappa shape index (κ3) is 3.05. The van der Waals surface area contributed by atoms with Crippen molar-refractivity contribution in [2.24, 2.45) is 11.7 Å². The van der Waals surface area contributed by atoms with Gasteiger partial charge in [0.25, 0.3) is 0 Å². The minimum Gasteiger partial charge on any atom is -0.329 e. The summed E-state index contributed by atoms with van der Waals surface area (Å²) in [6.07, 6.45) is 2.47. The summed E-state index contributed by atoms with van der Waals surface area (Å²) in [5.41, 5.74) is 7.00. The molecule has 1 aliphatic rings. The van der Waals surface area contributed by atoms with E-state index in [1.54, 1.807) is 0 Å². The van der Waals surface area contributed by atoms with Gasteiger partial charge in [-0.15, -0.1) is 0 Å². The SMILES string of the molecule is CC1CCN([C@H](CN)c2ccc(F)cc2)CC1. The first-order valence-corrected chi connectivity index (χ1v) is 6.40. The van der Waals surface area contributed by atoms with Crippen molar-refractivity contribution in [3.05, 3.63) is 35.6 Å². The van der Waals surface area contributed by atoms with Crippen LogP contribution < -0.4 is 5.73 Å². The summed E-state index contributed by atoms with van der Waals surface area (Å²) in [7, 11) is 0. The van der Waals surface area contributed by atoms with E-state index in [0.717, 1.165) is 24.6 Å². The molecule has 1 heterocycles. The average molecular weight is 236 g/mol. The molecule has 2 nitrogen and oxygen atoms in total. The maximum atomic E-state index is 12.9. The van der Waals surface area contributed by atoms with Gasteiger partial charge in [0.1, 0.15) is 5.82 Å². The fraction of sp³-hybridized carbons (Fsp3) is 0.571. The van der Waals surface area contributed by atoms with Crippen LogP contribution in [0.25, 0.3) is 0 Å². The average Bonchev–Trinajstić information content (AvgIpc) is 2.35. The van der Waals surface area contributed by atoms with E-state index in [0.29, 0.717) is 6.54 Å². The number of likely N-dealkylation sites (tertiary alicyclic amines) is 1. The molecule has 0 spiro atoms. The summed E-state index contributed by atoms with van der Waals surface area (Å²) in [6, 6.07) is 6.98. The molecule has 2 N–H and O–H groups in total. The first kappa shape index (κ1) is 12.5. The molecule has 1 fully saturated rings. The lowest BCUT2D eigenvalue weighted by Gasteiger charge is -2.36. The van der Waals surface area contributed by atoms with E-state index < -0.39 is 0 Å².